The Labute approximate surface area is 251 Å². The van der Waals surface area contributed by atoms with Gasteiger partial charge in [-0.1, -0.05) is 45.0 Å². The molecule has 1 saturated heterocycles. The number of likely N-dealkylation sites (tertiary alicyclic amines) is 1. The molecule has 11 nitrogen and oxygen atoms in total. The minimum absolute atomic E-state index is 0.0104. The largest absolute Gasteiger partial charge is 0.450 e. The third-order valence-electron chi connectivity index (χ3n) is 7.35. The number of amides is 4. The second-order valence-corrected chi connectivity index (χ2v) is 12.7. The number of carbonyl (C=O) groups is 4. The zero-order chi connectivity index (χ0) is 31.0. The molecule has 1 fully saturated rings. The molecule has 3 rings (SSSR count). The smallest absolute Gasteiger partial charge is 0.404 e. The Kier molecular flexibility index (Phi) is 11.5. The maximum Gasteiger partial charge on any atom is 0.404 e. The molecular weight excluding hydrogens is 558 g/mol. The lowest BCUT2D eigenvalue weighted by Gasteiger charge is -2.35. The monoisotopic (exact) mass is 601 g/mol. The van der Waals surface area contributed by atoms with Crippen molar-refractivity contribution in [2.75, 3.05) is 13.2 Å². The number of primary amides is 1. The van der Waals surface area contributed by atoms with E-state index in [1.807, 2.05) is 64.4 Å². The van der Waals surface area contributed by atoms with Crippen molar-refractivity contribution < 1.29 is 29.0 Å². The first-order valence-corrected chi connectivity index (χ1v) is 15.2. The van der Waals surface area contributed by atoms with E-state index in [0.29, 0.717) is 19.3 Å². The molecule has 1 aromatic carbocycles. The molecule has 0 spiro atoms. The molecule has 0 radical (unpaired) electrons. The van der Waals surface area contributed by atoms with Gasteiger partial charge in [0, 0.05) is 19.4 Å². The van der Waals surface area contributed by atoms with Crippen LogP contribution in [0.15, 0.2) is 29.8 Å². The van der Waals surface area contributed by atoms with Crippen molar-refractivity contribution in [2.45, 2.75) is 91.0 Å². The number of nitrogens with zero attached hydrogens (tertiary/aromatic N) is 2. The van der Waals surface area contributed by atoms with Crippen molar-refractivity contribution >= 4 is 35.2 Å². The number of thiazole rings is 1. The summed E-state index contributed by atoms with van der Waals surface area (Å²) in [5.41, 5.74) is 9.05. The predicted octanol–water partition coefficient (Wildman–Crippen LogP) is 3.44. The first-order valence-electron chi connectivity index (χ1n) is 14.3. The van der Waals surface area contributed by atoms with E-state index in [9.17, 15) is 24.3 Å². The Bertz CT molecular complexity index is 1240. The van der Waals surface area contributed by atoms with Crippen LogP contribution in [0.2, 0.25) is 0 Å². The predicted molar refractivity (Wildman–Crippen MR) is 160 cm³/mol. The molecule has 1 aliphatic rings. The number of nitrogens with one attached hydrogen (secondary N) is 2. The summed E-state index contributed by atoms with van der Waals surface area (Å²) < 4.78 is 4.69. The highest BCUT2D eigenvalue weighted by Crippen LogP contribution is 2.29. The van der Waals surface area contributed by atoms with Crippen LogP contribution in [0.3, 0.4) is 0 Å². The number of hydrogen-bond acceptors (Lipinski definition) is 8. The van der Waals surface area contributed by atoms with Crippen molar-refractivity contribution in [3.63, 3.8) is 0 Å². The maximum atomic E-state index is 13.8. The lowest BCUT2D eigenvalue weighted by atomic mass is 9.85. The van der Waals surface area contributed by atoms with Crippen LogP contribution in [0.5, 0.6) is 0 Å². The fraction of sp³-hybridized carbons (Fsp3) is 0.567. The molecule has 2 aromatic rings. The van der Waals surface area contributed by atoms with Gasteiger partial charge in [-0.15, -0.1) is 11.3 Å². The van der Waals surface area contributed by atoms with Gasteiger partial charge < -0.3 is 31.1 Å². The van der Waals surface area contributed by atoms with Gasteiger partial charge in [0.15, 0.2) is 0 Å². The Balaban J connectivity index is 1.62. The van der Waals surface area contributed by atoms with Crippen molar-refractivity contribution in [3.05, 3.63) is 41.0 Å². The highest BCUT2D eigenvalue weighted by atomic mass is 32.1. The standard InChI is InChI=1S/C30H43N5O6S/c1-18(20-10-12-21(13-11-20)25-19(2)32-17-42-25)33-27(38)23-15-22(36)16-35(23)28(39)26(30(3,4)5)34-24(37)9-7-6-8-14-41-29(31)40/h10-13,17-18,22-23,26,36H,6-9,14-16H2,1-5H3,(H2,31,40)(H,33,38)(H,34,37)/t18?,22-,23+,26?/m1/s1. The summed E-state index contributed by atoms with van der Waals surface area (Å²) in [6.07, 6.45) is 0.420. The van der Waals surface area contributed by atoms with Gasteiger partial charge >= 0.3 is 6.09 Å². The Hall–Kier alpha value is -3.51. The topological polar surface area (TPSA) is 164 Å². The molecule has 230 valence electrons. The summed E-state index contributed by atoms with van der Waals surface area (Å²) >= 11 is 1.58. The second-order valence-electron chi connectivity index (χ2n) is 11.9. The fourth-order valence-electron chi connectivity index (χ4n) is 4.99. The minimum atomic E-state index is -0.885. The van der Waals surface area contributed by atoms with Crippen LogP contribution >= 0.6 is 11.3 Å². The van der Waals surface area contributed by atoms with E-state index in [1.165, 1.54) is 4.90 Å². The number of β-amino-alcohol motifs (C(OH)–C–C–N with tert-alkyl or cyclic N) is 1. The Morgan fingerprint density at radius 2 is 1.83 bits per heavy atom. The van der Waals surface area contributed by atoms with Crippen LogP contribution in [-0.4, -0.2) is 70.1 Å². The first kappa shape index (κ1) is 33.0. The number of unbranched alkanes of at least 4 members (excludes halogenated alkanes) is 2. The SMILES string of the molecule is Cc1ncsc1-c1ccc(C(C)NC(=O)[C@@H]2C[C@@H](O)CN2C(=O)C(NC(=O)CCCCCOC(N)=O)C(C)(C)C)cc1. The third-order valence-corrected chi connectivity index (χ3v) is 8.33. The van der Waals surface area contributed by atoms with Gasteiger partial charge in [-0.05, 0) is 49.7 Å². The van der Waals surface area contributed by atoms with Crippen LogP contribution in [0.4, 0.5) is 4.79 Å². The van der Waals surface area contributed by atoms with E-state index in [0.717, 1.165) is 21.7 Å². The zero-order valence-electron chi connectivity index (χ0n) is 25.0. The minimum Gasteiger partial charge on any atom is -0.450 e. The van der Waals surface area contributed by atoms with E-state index >= 15 is 0 Å². The molecule has 4 atom stereocenters. The number of rotatable bonds is 12. The summed E-state index contributed by atoms with van der Waals surface area (Å²) in [6, 6.07) is 5.85. The fourth-order valence-corrected chi connectivity index (χ4v) is 5.80. The van der Waals surface area contributed by atoms with Gasteiger partial charge in [-0.25, -0.2) is 9.78 Å². The van der Waals surface area contributed by atoms with Gasteiger partial charge in [-0.3, -0.25) is 14.4 Å². The molecule has 4 amide bonds. The van der Waals surface area contributed by atoms with Gasteiger partial charge in [0.1, 0.15) is 12.1 Å². The molecule has 42 heavy (non-hydrogen) atoms. The summed E-state index contributed by atoms with van der Waals surface area (Å²) in [7, 11) is 0. The number of nitrogens with two attached hydrogens (primary N) is 1. The first-order chi connectivity index (χ1) is 19.8. The van der Waals surface area contributed by atoms with E-state index < -0.39 is 35.6 Å². The summed E-state index contributed by atoms with van der Waals surface area (Å²) in [4.78, 5) is 57.3. The highest BCUT2D eigenvalue weighted by Gasteiger charge is 2.44. The molecule has 0 saturated carbocycles. The molecule has 0 bridgehead atoms. The molecule has 2 unspecified atom stereocenters. The van der Waals surface area contributed by atoms with Crippen molar-refractivity contribution in [1.29, 1.82) is 0 Å². The van der Waals surface area contributed by atoms with Crippen LogP contribution < -0.4 is 16.4 Å². The van der Waals surface area contributed by atoms with Crippen LogP contribution in [0.1, 0.15) is 77.1 Å². The number of ether oxygens (including phenoxy) is 1. The highest BCUT2D eigenvalue weighted by molar-refractivity contribution is 7.13. The number of aliphatic hydroxyl groups excluding tert-OH is 1. The zero-order valence-corrected chi connectivity index (χ0v) is 25.8. The van der Waals surface area contributed by atoms with E-state index in [1.54, 1.807) is 11.3 Å². The van der Waals surface area contributed by atoms with Gasteiger partial charge in [0.25, 0.3) is 0 Å². The Morgan fingerprint density at radius 3 is 2.43 bits per heavy atom. The number of aliphatic hydroxyl groups is 1. The average Bonchev–Trinajstić information content (AvgIpc) is 3.53. The summed E-state index contributed by atoms with van der Waals surface area (Å²) in [6.45, 7) is 9.58. The van der Waals surface area contributed by atoms with E-state index in [-0.39, 0.29) is 43.8 Å². The molecule has 12 heteroatoms. The number of hydrogen-bond donors (Lipinski definition) is 4. The van der Waals surface area contributed by atoms with Crippen LogP contribution in [0, 0.1) is 12.3 Å². The Morgan fingerprint density at radius 1 is 1.14 bits per heavy atom. The number of aromatic nitrogens is 1. The average molecular weight is 602 g/mol. The summed E-state index contributed by atoms with van der Waals surface area (Å²) in [5, 5.41) is 16.3. The van der Waals surface area contributed by atoms with Crippen LogP contribution in [0.25, 0.3) is 10.4 Å². The third kappa shape index (κ3) is 8.99. The van der Waals surface area contributed by atoms with Gasteiger partial charge in [-0.2, -0.15) is 0 Å². The number of benzene rings is 1. The maximum absolute atomic E-state index is 13.8. The lowest BCUT2D eigenvalue weighted by Crippen LogP contribution is -2.57. The van der Waals surface area contributed by atoms with Gasteiger partial charge in [0.2, 0.25) is 17.7 Å². The lowest BCUT2D eigenvalue weighted by molar-refractivity contribution is -0.144. The number of aryl methyl sites for hydroxylation is 1. The van der Waals surface area contributed by atoms with Crippen molar-refractivity contribution in [3.8, 4) is 10.4 Å². The number of carbonyl (C=O) groups excluding carboxylic acids is 4. The van der Waals surface area contributed by atoms with E-state index in [2.05, 4.69) is 20.4 Å². The molecule has 2 heterocycles. The molecule has 5 N–H and O–H groups in total. The normalized spacial score (nSPS) is 18.3. The quantitative estimate of drug-likeness (QED) is 0.271. The van der Waals surface area contributed by atoms with Crippen molar-refractivity contribution in [2.24, 2.45) is 11.1 Å². The van der Waals surface area contributed by atoms with E-state index in [4.69, 9.17) is 5.73 Å². The molecule has 0 aliphatic carbocycles. The molecule has 1 aliphatic heterocycles. The molecule has 1 aromatic heterocycles. The molecular formula is C30H43N5O6S. The van der Waals surface area contributed by atoms with Crippen molar-refractivity contribution in [1.82, 2.24) is 20.5 Å². The summed E-state index contributed by atoms with van der Waals surface area (Å²) in [5.74, 6) is -1.04. The second kappa shape index (κ2) is 14.6. The van der Waals surface area contributed by atoms with Crippen LogP contribution in [-0.2, 0) is 19.1 Å². The van der Waals surface area contributed by atoms with Gasteiger partial charge in [0.05, 0.1) is 34.8 Å².